The van der Waals surface area contributed by atoms with Crippen LogP contribution in [0.25, 0.3) is 0 Å². The molecule has 1 atom stereocenters. The quantitative estimate of drug-likeness (QED) is 0.131. The summed E-state index contributed by atoms with van der Waals surface area (Å²) in [7, 11) is -4.42. The molecule has 0 saturated heterocycles. The molecule has 13 heteroatoms. The van der Waals surface area contributed by atoms with Crippen LogP contribution >= 0.6 is 23.2 Å². The molecule has 4 aromatic carbocycles. The minimum Gasteiger partial charge on any atom is -0.352 e. The molecular weight excluding hydrogens is 651 g/mol. The number of nitro benzene ring substituents is 1. The number of anilines is 1. The van der Waals surface area contributed by atoms with Crippen molar-refractivity contribution in [1.82, 2.24) is 10.2 Å². The van der Waals surface area contributed by atoms with Gasteiger partial charge < -0.3 is 10.2 Å². The van der Waals surface area contributed by atoms with Crippen LogP contribution in [0.5, 0.6) is 0 Å². The molecule has 0 aromatic heterocycles. The molecule has 0 saturated carbocycles. The van der Waals surface area contributed by atoms with E-state index in [1.807, 2.05) is 30.3 Å². The second-order valence-electron chi connectivity index (χ2n) is 10.7. The number of rotatable bonds is 13. The summed E-state index contributed by atoms with van der Waals surface area (Å²) in [6.07, 6.45) is 0.110. The maximum Gasteiger partial charge on any atom is 0.271 e. The van der Waals surface area contributed by atoms with E-state index in [-0.39, 0.29) is 40.3 Å². The zero-order valence-corrected chi connectivity index (χ0v) is 27.4. The van der Waals surface area contributed by atoms with Gasteiger partial charge in [-0.1, -0.05) is 83.9 Å². The van der Waals surface area contributed by atoms with Gasteiger partial charge in [0.25, 0.3) is 15.7 Å². The molecule has 240 valence electrons. The van der Waals surface area contributed by atoms with Crippen LogP contribution in [0.2, 0.25) is 10.0 Å². The van der Waals surface area contributed by atoms with E-state index in [2.05, 4.69) is 5.32 Å². The Morgan fingerprint density at radius 2 is 1.54 bits per heavy atom. The number of hydrogen-bond acceptors (Lipinski definition) is 6. The van der Waals surface area contributed by atoms with Crippen molar-refractivity contribution in [2.45, 2.75) is 43.8 Å². The second-order valence-corrected chi connectivity index (χ2v) is 13.4. The van der Waals surface area contributed by atoms with E-state index in [4.69, 9.17) is 23.2 Å². The first-order valence-electron chi connectivity index (χ1n) is 14.3. The van der Waals surface area contributed by atoms with Crippen LogP contribution in [0.15, 0.2) is 108 Å². The molecule has 46 heavy (non-hydrogen) atoms. The van der Waals surface area contributed by atoms with Crippen molar-refractivity contribution in [3.8, 4) is 0 Å². The Balaban J connectivity index is 1.85. The average Bonchev–Trinajstić information content (AvgIpc) is 3.03. The number of sulfonamides is 1. The number of nitrogens with one attached hydrogen (secondary N) is 1. The van der Waals surface area contributed by atoms with Gasteiger partial charge in [0, 0.05) is 41.2 Å². The van der Waals surface area contributed by atoms with Crippen molar-refractivity contribution in [3.05, 3.63) is 134 Å². The van der Waals surface area contributed by atoms with Crippen LogP contribution in [0.3, 0.4) is 0 Å². The summed E-state index contributed by atoms with van der Waals surface area (Å²) < 4.78 is 28.9. The van der Waals surface area contributed by atoms with E-state index in [9.17, 15) is 28.1 Å². The molecule has 0 heterocycles. The summed E-state index contributed by atoms with van der Waals surface area (Å²) in [5.41, 5.74) is 0.782. The average molecular weight is 684 g/mol. The van der Waals surface area contributed by atoms with Gasteiger partial charge in [-0.05, 0) is 55.3 Å². The van der Waals surface area contributed by atoms with Gasteiger partial charge in [0.05, 0.1) is 15.5 Å². The monoisotopic (exact) mass is 682 g/mol. The summed E-state index contributed by atoms with van der Waals surface area (Å²) in [4.78, 5) is 40.3. The molecule has 0 bridgehead atoms. The number of benzene rings is 4. The largest absolute Gasteiger partial charge is 0.352 e. The lowest BCUT2D eigenvalue weighted by Gasteiger charge is -2.34. The van der Waals surface area contributed by atoms with E-state index in [1.54, 1.807) is 32.0 Å². The molecule has 2 amide bonds. The SMILES string of the molecule is CC(C)NC(=O)[C@H](Cc1ccccc1)N(Cc1ccc(Cl)cc1Cl)C(=O)CN(c1cccc([N+](=O)[O-])c1)S(=O)(=O)c1ccccc1. The highest BCUT2D eigenvalue weighted by Gasteiger charge is 2.35. The third kappa shape index (κ3) is 8.63. The lowest BCUT2D eigenvalue weighted by molar-refractivity contribution is -0.384. The van der Waals surface area contributed by atoms with E-state index in [0.717, 1.165) is 15.9 Å². The number of carbonyl (C=O) groups excluding carboxylic acids is 2. The molecule has 0 aliphatic rings. The summed E-state index contributed by atoms with van der Waals surface area (Å²) in [5.74, 6) is -1.19. The third-order valence-electron chi connectivity index (χ3n) is 7.00. The van der Waals surface area contributed by atoms with Crippen molar-refractivity contribution in [2.24, 2.45) is 0 Å². The first-order chi connectivity index (χ1) is 21.9. The second kappa shape index (κ2) is 15.2. The Hall–Kier alpha value is -4.45. The molecule has 1 N–H and O–H groups in total. The van der Waals surface area contributed by atoms with Gasteiger partial charge in [-0.2, -0.15) is 0 Å². The summed E-state index contributed by atoms with van der Waals surface area (Å²) in [6.45, 7) is 2.64. The van der Waals surface area contributed by atoms with Gasteiger partial charge in [-0.25, -0.2) is 8.42 Å². The first-order valence-corrected chi connectivity index (χ1v) is 16.5. The fraction of sp³-hybridized carbons (Fsp3) is 0.212. The lowest BCUT2D eigenvalue weighted by atomic mass is 10.0. The van der Waals surface area contributed by atoms with Gasteiger partial charge >= 0.3 is 0 Å². The molecule has 0 fully saturated rings. The van der Waals surface area contributed by atoms with Gasteiger partial charge in [0.15, 0.2) is 0 Å². The number of nitrogens with zero attached hydrogens (tertiary/aromatic N) is 3. The summed E-state index contributed by atoms with van der Waals surface area (Å²) in [6, 6.07) is 24.9. The number of halogens is 2. The molecule has 0 radical (unpaired) electrons. The van der Waals surface area contributed by atoms with Crippen molar-refractivity contribution in [1.29, 1.82) is 0 Å². The predicted octanol–water partition coefficient (Wildman–Crippen LogP) is 6.26. The van der Waals surface area contributed by atoms with Crippen LogP contribution in [0.1, 0.15) is 25.0 Å². The molecule has 0 aliphatic carbocycles. The van der Waals surface area contributed by atoms with Gasteiger partial charge in [-0.3, -0.25) is 24.0 Å². The van der Waals surface area contributed by atoms with Gasteiger partial charge in [-0.15, -0.1) is 0 Å². The normalized spacial score (nSPS) is 11.9. The smallest absolute Gasteiger partial charge is 0.271 e. The molecule has 0 spiro atoms. The highest BCUT2D eigenvalue weighted by atomic mass is 35.5. The highest BCUT2D eigenvalue weighted by Crippen LogP contribution is 2.29. The molecule has 4 rings (SSSR count). The first kappa shape index (κ1) is 34.4. The molecule has 0 aliphatic heterocycles. The summed E-state index contributed by atoms with van der Waals surface area (Å²) >= 11 is 12.6. The van der Waals surface area contributed by atoms with Crippen molar-refractivity contribution in [3.63, 3.8) is 0 Å². The summed E-state index contributed by atoms with van der Waals surface area (Å²) in [5, 5.41) is 15.1. The van der Waals surface area contributed by atoms with Crippen molar-refractivity contribution >= 4 is 56.4 Å². The third-order valence-corrected chi connectivity index (χ3v) is 9.37. The van der Waals surface area contributed by atoms with Crippen molar-refractivity contribution in [2.75, 3.05) is 10.8 Å². The Morgan fingerprint density at radius 3 is 2.15 bits per heavy atom. The maximum atomic E-state index is 14.5. The predicted molar refractivity (Wildman–Crippen MR) is 178 cm³/mol. The standard InChI is InChI=1S/C33H32Cl2N4O6S/c1-23(2)36-33(41)31(18-24-10-5-3-6-11-24)37(21-25-16-17-26(34)19-30(25)35)32(40)22-38(27-12-9-13-28(20-27)39(42)43)46(44,45)29-14-7-4-8-15-29/h3-17,19-20,23,31H,18,21-22H2,1-2H3,(H,36,41)/t31-/m0/s1. The number of carbonyl (C=O) groups is 2. The Kier molecular flexibility index (Phi) is 11.4. The number of hydrogen-bond donors (Lipinski definition) is 1. The highest BCUT2D eigenvalue weighted by molar-refractivity contribution is 7.92. The molecule has 0 unspecified atom stereocenters. The van der Waals surface area contributed by atoms with Crippen LogP contribution in [-0.2, 0) is 32.6 Å². The Labute approximate surface area is 277 Å². The van der Waals surface area contributed by atoms with Gasteiger partial charge in [0.1, 0.15) is 12.6 Å². The molecule has 10 nitrogen and oxygen atoms in total. The minimum absolute atomic E-state index is 0.0953. The van der Waals surface area contributed by atoms with Gasteiger partial charge in [0.2, 0.25) is 11.8 Å². The van der Waals surface area contributed by atoms with Crippen LogP contribution < -0.4 is 9.62 Å². The van der Waals surface area contributed by atoms with Crippen LogP contribution in [0, 0.1) is 10.1 Å². The number of nitro groups is 1. The molecule has 4 aromatic rings. The van der Waals surface area contributed by atoms with Crippen molar-refractivity contribution < 1.29 is 22.9 Å². The number of amides is 2. The molecular formula is C33H32Cl2N4O6S. The van der Waals surface area contributed by atoms with E-state index < -0.39 is 39.3 Å². The van der Waals surface area contributed by atoms with Crippen LogP contribution in [0.4, 0.5) is 11.4 Å². The fourth-order valence-corrected chi connectivity index (χ4v) is 6.67. The minimum atomic E-state index is -4.42. The van der Waals surface area contributed by atoms with E-state index in [0.29, 0.717) is 10.6 Å². The fourth-order valence-electron chi connectivity index (χ4n) is 4.78. The zero-order valence-electron chi connectivity index (χ0n) is 25.0. The van der Waals surface area contributed by atoms with E-state index >= 15 is 0 Å². The maximum absolute atomic E-state index is 14.5. The zero-order chi connectivity index (χ0) is 33.4. The Morgan fingerprint density at radius 1 is 0.891 bits per heavy atom. The topological polar surface area (TPSA) is 130 Å². The lowest BCUT2D eigenvalue weighted by Crippen LogP contribution is -2.54. The number of non-ortho nitro benzene ring substituents is 1. The Bertz CT molecular complexity index is 1810. The van der Waals surface area contributed by atoms with E-state index in [1.165, 1.54) is 53.4 Å². The van der Waals surface area contributed by atoms with Crippen LogP contribution in [-0.4, -0.2) is 48.7 Å².